The zero-order chi connectivity index (χ0) is 15.2. The van der Waals surface area contributed by atoms with Gasteiger partial charge in [-0.05, 0) is 24.1 Å². The monoisotopic (exact) mass is 330 g/mol. The van der Waals surface area contributed by atoms with E-state index in [0.29, 0.717) is 6.42 Å². The standard InChI is InChI=1S/C15H22N2O4.ClH/c1-11(19)21-15-3-2-12(10-14(15)20)13(4-9-18)17-7-5-16-6-8-17;/h2-3,10,13,16,18,20H,4-9H2,1H3;1H/t13-;/m0./s1. The SMILES string of the molecule is CC(=O)Oc1ccc([C@H](CCO)N2CCNCC2)cc1O.Cl. The third-order valence-corrected chi connectivity index (χ3v) is 3.62. The fourth-order valence-corrected chi connectivity index (χ4v) is 2.66. The van der Waals surface area contributed by atoms with E-state index >= 15 is 0 Å². The lowest BCUT2D eigenvalue weighted by Crippen LogP contribution is -2.45. The molecule has 0 amide bonds. The molecule has 1 fully saturated rings. The molecule has 0 aromatic heterocycles. The van der Waals surface area contributed by atoms with Gasteiger partial charge in [-0.2, -0.15) is 0 Å². The van der Waals surface area contributed by atoms with Crippen molar-refractivity contribution in [2.24, 2.45) is 0 Å². The van der Waals surface area contributed by atoms with Crippen LogP contribution in [0.4, 0.5) is 0 Å². The van der Waals surface area contributed by atoms with Crippen LogP contribution in [-0.2, 0) is 4.79 Å². The Bertz CT molecular complexity index is 492. The Morgan fingerprint density at radius 3 is 2.64 bits per heavy atom. The van der Waals surface area contributed by atoms with Crippen molar-refractivity contribution in [3.63, 3.8) is 0 Å². The minimum absolute atomic E-state index is 0. The molecule has 0 unspecified atom stereocenters. The lowest BCUT2D eigenvalue weighted by Gasteiger charge is -2.35. The number of rotatable bonds is 5. The molecule has 1 saturated heterocycles. The Labute approximate surface area is 136 Å². The number of hydrogen-bond donors (Lipinski definition) is 3. The molecule has 124 valence electrons. The first kappa shape index (κ1) is 18.7. The number of phenolic OH excluding ortho intramolecular Hbond substituents is 1. The molecule has 22 heavy (non-hydrogen) atoms. The van der Waals surface area contributed by atoms with E-state index in [9.17, 15) is 15.0 Å². The lowest BCUT2D eigenvalue weighted by atomic mass is 10.0. The number of carbonyl (C=O) groups excluding carboxylic acids is 1. The second-order valence-corrected chi connectivity index (χ2v) is 5.13. The summed E-state index contributed by atoms with van der Waals surface area (Å²) in [7, 11) is 0. The van der Waals surface area contributed by atoms with E-state index in [1.165, 1.54) is 6.92 Å². The maximum absolute atomic E-state index is 11.0. The summed E-state index contributed by atoms with van der Waals surface area (Å²) in [5.74, 6) is -0.359. The highest BCUT2D eigenvalue weighted by Gasteiger charge is 2.22. The van der Waals surface area contributed by atoms with Gasteiger partial charge in [-0.25, -0.2) is 0 Å². The summed E-state index contributed by atoms with van der Waals surface area (Å²) in [5.41, 5.74) is 0.916. The number of benzene rings is 1. The number of halogens is 1. The number of aromatic hydroxyl groups is 1. The van der Waals surface area contributed by atoms with Crippen LogP contribution in [0.2, 0.25) is 0 Å². The molecule has 1 heterocycles. The summed E-state index contributed by atoms with van der Waals surface area (Å²) in [6.45, 7) is 5.01. The first-order chi connectivity index (χ1) is 10.1. The fraction of sp³-hybridized carbons (Fsp3) is 0.533. The number of hydrogen-bond acceptors (Lipinski definition) is 6. The fourth-order valence-electron chi connectivity index (χ4n) is 2.66. The van der Waals surface area contributed by atoms with Crippen molar-refractivity contribution in [1.82, 2.24) is 10.2 Å². The van der Waals surface area contributed by atoms with Crippen molar-refractivity contribution in [1.29, 1.82) is 0 Å². The van der Waals surface area contributed by atoms with E-state index in [4.69, 9.17) is 4.74 Å². The van der Waals surface area contributed by atoms with Crippen LogP contribution in [0.5, 0.6) is 11.5 Å². The molecule has 0 bridgehead atoms. The van der Waals surface area contributed by atoms with Gasteiger partial charge < -0.3 is 20.3 Å². The molecule has 7 heteroatoms. The molecule has 1 atom stereocenters. The summed E-state index contributed by atoms with van der Waals surface area (Å²) in [4.78, 5) is 13.2. The predicted octanol–water partition coefficient (Wildman–Crippen LogP) is 1.07. The summed E-state index contributed by atoms with van der Waals surface area (Å²) in [5, 5.41) is 22.6. The highest BCUT2D eigenvalue weighted by atomic mass is 35.5. The average molecular weight is 331 g/mol. The van der Waals surface area contributed by atoms with Crippen molar-refractivity contribution in [3.05, 3.63) is 23.8 Å². The van der Waals surface area contributed by atoms with Gasteiger partial charge >= 0.3 is 5.97 Å². The largest absolute Gasteiger partial charge is 0.504 e. The van der Waals surface area contributed by atoms with Gasteiger partial charge in [0.2, 0.25) is 0 Å². The molecule has 1 aliphatic rings. The van der Waals surface area contributed by atoms with Crippen molar-refractivity contribution >= 4 is 18.4 Å². The molecule has 1 aliphatic heterocycles. The van der Waals surface area contributed by atoms with Crippen LogP contribution < -0.4 is 10.1 Å². The number of ether oxygens (including phenoxy) is 1. The highest BCUT2D eigenvalue weighted by Crippen LogP contribution is 2.32. The Morgan fingerprint density at radius 2 is 2.09 bits per heavy atom. The average Bonchev–Trinajstić information content (AvgIpc) is 2.47. The second-order valence-electron chi connectivity index (χ2n) is 5.13. The van der Waals surface area contributed by atoms with E-state index in [-0.39, 0.29) is 36.6 Å². The summed E-state index contributed by atoms with van der Waals surface area (Å²) in [6, 6.07) is 5.09. The Morgan fingerprint density at radius 1 is 1.41 bits per heavy atom. The molecule has 3 N–H and O–H groups in total. The number of aliphatic hydroxyl groups is 1. The van der Waals surface area contributed by atoms with E-state index in [0.717, 1.165) is 31.7 Å². The van der Waals surface area contributed by atoms with Gasteiger partial charge in [0.25, 0.3) is 0 Å². The summed E-state index contributed by atoms with van der Waals surface area (Å²) in [6.07, 6.45) is 0.604. The predicted molar refractivity (Wildman–Crippen MR) is 85.6 cm³/mol. The molecule has 0 spiro atoms. The maximum Gasteiger partial charge on any atom is 0.308 e. The zero-order valence-electron chi connectivity index (χ0n) is 12.6. The normalized spacial score (nSPS) is 16.6. The number of nitrogens with zero attached hydrogens (tertiary/aromatic N) is 1. The molecular weight excluding hydrogens is 308 g/mol. The maximum atomic E-state index is 11.0. The van der Waals surface area contributed by atoms with Crippen LogP contribution in [0.25, 0.3) is 0 Å². The van der Waals surface area contributed by atoms with E-state index in [1.807, 2.05) is 6.07 Å². The molecule has 0 radical (unpaired) electrons. The lowest BCUT2D eigenvalue weighted by molar-refractivity contribution is -0.132. The van der Waals surface area contributed by atoms with Crippen molar-refractivity contribution in [3.8, 4) is 11.5 Å². The van der Waals surface area contributed by atoms with Gasteiger partial charge in [0.1, 0.15) is 0 Å². The smallest absolute Gasteiger partial charge is 0.308 e. The van der Waals surface area contributed by atoms with Gasteiger partial charge in [-0.1, -0.05) is 6.07 Å². The quantitative estimate of drug-likeness (QED) is 0.553. The van der Waals surface area contributed by atoms with Gasteiger partial charge in [0.05, 0.1) is 0 Å². The van der Waals surface area contributed by atoms with E-state index in [1.54, 1.807) is 12.1 Å². The van der Waals surface area contributed by atoms with Crippen molar-refractivity contribution in [2.75, 3.05) is 32.8 Å². The van der Waals surface area contributed by atoms with E-state index < -0.39 is 5.97 Å². The van der Waals surface area contributed by atoms with Gasteiger partial charge in [-0.15, -0.1) is 12.4 Å². The molecule has 0 aliphatic carbocycles. The van der Waals surface area contributed by atoms with Crippen LogP contribution in [0, 0.1) is 0 Å². The topological polar surface area (TPSA) is 82.0 Å². The molecule has 0 saturated carbocycles. The van der Waals surface area contributed by atoms with Gasteiger partial charge in [0.15, 0.2) is 11.5 Å². The van der Waals surface area contributed by atoms with Gasteiger partial charge in [-0.3, -0.25) is 9.69 Å². The van der Waals surface area contributed by atoms with Crippen LogP contribution in [0.1, 0.15) is 24.9 Å². The number of esters is 1. The number of aliphatic hydroxyl groups excluding tert-OH is 1. The molecule has 2 rings (SSSR count). The summed E-state index contributed by atoms with van der Waals surface area (Å²) < 4.78 is 4.92. The molecule has 1 aromatic carbocycles. The highest BCUT2D eigenvalue weighted by molar-refractivity contribution is 5.85. The van der Waals surface area contributed by atoms with E-state index in [2.05, 4.69) is 10.2 Å². The first-order valence-corrected chi connectivity index (χ1v) is 7.18. The first-order valence-electron chi connectivity index (χ1n) is 7.18. The Kier molecular flexibility index (Phi) is 7.61. The second kappa shape index (κ2) is 8.95. The summed E-state index contributed by atoms with van der Waals surface area (Å²) >= 11 is 0. The van der Waals surface area contributed by atoms with Crippen LogP contribution in [-0.4, -0.2) is 53.9 Å². The zero-order valence-corrected chi connectivity index (χ0v) is 13.4. The molecule has 1 aromatic rings. The Balaban J connectivity index is 0.00000242. The van der Waals surface area contributed by atoms with Gasteiger partial charge in [0, 0.05) is 45.8 Å². The minimum Gasteiger partial charge on any atom is -0.504 e. The number of piperazine rings is 1. The van der Waals surface area contributed by atoms with Crippen LogP contribution in [0.15, 0.2) is 18.2 Å². The number of phenols is 1. The number of carbonyl (C=O) groups is 1. The van der Waals surface area contributed by atoms with Crippen molar-refractivity contribution in [2.45, 2.75) is 19.4 Å². The van der Waals surface area contributed by atoms with Crippen LogP contribution >= 0.6 is 12.4 Å². The number of nitrogens with one attached hydrogen (secondary N) is 1. The minimum atomic E-state index is -0.466. The Hall–Kier alpha value is -1.34. The third kappa shape index (κ3) is 4.84. The third-order valence-electron chi connectivity index (χ3n) is 3.62. The molecule has 6 nitrogen and oxygen atoms in total. The molecular formula is C15H23ClN2O4. The van der Waals surface area contributed by atoms with Crippen LogP contribution in [0.3, 0.4) is 0 Å². The van der Waals surface area contributed by atoms with Crippen molar-refractivity contribution < 1.29 is 19.7 Å².